The maximum Gasteiger partial charge on any atom is 0.329 e. The van der Waals surface area contributed by atoms with E-state index in [1.807, 2.05) is 26.0 Å². The summed E-state index contributed by atoms with van der Waals surface area (Å²) in [7, 11) is 0. The number of halogens is 1. The van der Waals surface area contributed by atoms with Gasteiger partial charge in [-0.2, -0.15) is 5.26 Å². The molecule has 0 aliphatic carbocycles. The monoisotopic (exact) mass is 439 g/mol. The Labute approximate surface area is 185 Å². The van der Waals surface area contributed by atoms with Crippen LogP contribution in [-0.4, -0.2) is 30.0 Å². The van der Waals surface area contributed by atoms with Gasteiger partial charge in [0.1, 0.15) is 12.3 Å². The summed E-state index contributed by atoms with van der Waals surface area (Å²) in [6.45, 7) is 4.59. The number of nitriles is 1. The zero-order valence-corrected chi connectivity index (χ0v) is 18.0. The first-order chi connectivity index (χ1) is 15.0. The maximum absolute atomic E-state index is 12.5. The highest BCUT2D eigenvalue weighted by Gasteiger charge is 2.32. The molecule has 0 saturated carbocycles. The van der Waals surface area contributed by atoms with Crippen molar-refractivity contribution < 1.29 is 19.1 Å². The fourth-order valence-electron chi connectivity index (χ4n) is 3.14. The summed E-state index contributed by atoms with van der Waals surface area (Å²) in [5, 5.41) is 12.1. The number of benzene rings is 2. The number of nitrogens with one attached hydrogen (secondary N) is 1. The van der Waals surface area contributed by atoms with Crippen LogP contribution in [0.25, 0.3) is 6.08 Å². The molecule has 2 aromatic rings. The van der Waals surface area contributed by atoms with Gasteiger partial charge in [0.25, 0.3) is 5.91 Å². The Hall–Kier alpha value is -3.50. The number of rotatable bonds is 8. The molecule has 0 bridgehead atoms. The Balaban J connectivity index is 1.88. The van der Waals surface area contributed by atoms with Crippen molar-refractivity contribution in [3.8, 4) is 17.6 Å². The molecule has 0 atom stereocenters. The molecule has 0 spiro atoms. The quantitative estimate of drug-likeness (QED) is 0.483. The minimum Gasteiger partial charge on any atom is -0.490 e. The maximum atomic E-state index is 12.5. The van der Waals surface area contributed by atoms with Gasteiger partial charge in [-0.1, -0.05) is 36.7 Å². The average molecular weight is 440 g/mol. The van der Waals surface area contributed by atoms with E-state index in [1.54, 1.807) is 30.3 Å². The number of urea groups is 1. The van der Waals surface area contributed by atoms with E-state index in [2.05, 4.69) is 11.4 Å². The summed E-state index contributed by atoms with van der Waals surface area (Å²) >= 11 is 6.46. The number of amides is 3. The standard InChI is InChI=1S/C23H22ClN3O4/c1-3-9-27-22(28)19(26-23(27)29)11-15-10-18(24)21(20(12-15)30-4-2)31-14-17-8-6-5-7-16(17)13-25/h5-8,10-12H,3-4,9,14H2,1-2H3,(H,26,29). The Morgan fingerprint density at radius 3 is 2.68 bits per heavy atom. The van der Waals surface area contributed by atoms with E-state index in [1.165, 1.54) is 4.90 Å². The summed E-state index contributed by atoms with van der Waals surface area (Å²) < 4.78 is 11.6. The third-order valence-corrected chi connectivity index (χ3v) is 4.84. The Morgan fingerprint density at radius 1 is 1.19 bits per heavy atom. The number of imide groups is 1. The highest BCUT2D eigenvalue weighted by Crippen LogP contribution is 2.38. The summed E-state index contributed by atoms with van der Waals surface area (Å²) in [5.74, 6) is 0.362. The lowest BCUT2D eigenvalue weighted by molar-refractivity contribution is -0.122. The molecule has 1 aliphatic heterocycles. The SMILES string of the molecule is CCCN1C(=O)NC(=Cc2cc(Cl)c(OCc3ccccc3C#N)c(OCC)c2)C1=O. The Bertz CT molecular complexity index is 1070. The zero-order valence-electron chi connectivity index (χ0n) is 17.3. The van der Waals surface area contributed by atoms with Crippen LogP contribution in [0.4, 0.5) is 4.79 Å². The minimum absolute atomic E-state index is 0.143. The van der Waals surface area contributed by atoms with E-state index in [0.717, 1.165) is 5.56 Å². The molecule has 1 saturated heterocycles. The molecule has 3 rings (SSSR count). The molecule has 1 aliphatic rings. The van der Waals surface area contributed by atoms with Gasteiger partial charge < -0.3 is 14.8 Å². The van der Waals surface area contributed by atoms with Crippen LogP contribution in [0, 0.1) is 11.3 Å². The van der Waals surface area contributed by atoms with Crippen molar-refractivity contribution in [3.05, 3.63) is 63.8 Å². The van der Waals surface area contributed by atoms with Crippen molar-refractivity contribution >= 4 is 29.6 Å². The Morgan fingerprint density at radius 2 is 1.97 bits per heavy atom. The third kappa shape index (κ3) is 4.98. The normalized spacial score (nSPS) is 14.5. The van der Waals surface area contributed by atoms with Gasteiger partial charge in [-0.25, -0.2) is 4.79 Å². The van der Waals surface area contributed by atoms with E-state index in [0.29, 0.717) is 42.2 Å². The van der Waals surface area contributed by atoms with Crippen LogP contribution in [0.5, 0.6) is 11.5 Å². The van der Waals surface area contributed by atoms with Gasteiger partial charge >= 0.3 is 6.03 Å². The zero-order chi connectivity index (χ0) is 22.4. The topological polar surface area (TPSA) is 91.7 Å². The summed E-state index contributed by atoms with van der Waals surface area (Å²) in [6.07, 6.45) is 2.23. The van der Waals surface area contributed by atoms with Crippen LogP contribution in [0.15, 0.2) is 42.1 Å². The molecule has 7 nitrogen and oxygen atoms in total. The molecule has 31 heavy (non-hydrogen) atoms. The average Bonchev–Trinajstić information content (AvgIpc) is 3.01. The molecule has 2 aromatic carbocycles. The van der Waals surface area contributed by atoms with Crippen LogP contribution >= 0.6 is 11.6 Å². The van der Waals surface area contributed by atoms with Gasteiger partial charge in [-0.3, -0.25) is 9.69 Å². The molecular weight excluding hydrogens is 418 g/mol. The largest absolute Gasteiger partial charge is 0.490 e. The summed E-state index contributed by atoms with van der Waals surface area (Å²) in [5.41, 5.74) is 2.00. The highest BCUT2D eigenvalue weighted by atomic mass is 35.5. The lowest BCUT2D eigenvalue weighted by Crippen LogP contribution is -2.31. The molecule has 8 heteroatoms. The smallest absolute Gasteiger partial charge is 0.329 e. The van der Waals surface area contributed by atoms with Crippen molar-refractivity contribution in [2.24, 2.45) is 0 Å². The van der Waals surface area contributed by atoms with Crippen molar-refractivity contribution in [1.29, 1.82) is 5.26 Å². The van der Waals surface area contributed by atoms with E-state index in [4.69, 9.17) is 21.1 Å². The van der Waals surface area contributed by atoms with Gasteiger partial charge in [0.05, 0.1) is 23.3 Å². The van der Waals surface area contributed by atoms with Gasteiger partial charge in [0.15, 0.2) is 11.5 Å². The number of nitrogens with zero attached hydrogens (tertiary/aromatic N) is 2. The first kappa shape index (κ1) is 22.2. The van der Waals surface area contributed by atoms with Crippen LogP contribution in [0.2, 0.25) is 5.02 Å². The van der Waals surface area contributed by atoms with Crippen LogP contribution in [-0.2, 0) is 11.4 Å². The van der Waals surface area contributed by atoms with Crippen molar-refractivity contribution in [3.63, 3.8) is 0 Å². The van der Waals surface area contributed by atoms with Gasteiger partial charge in [0.2, 0.25) is 0 Å². The number of ether oxygens (including phenoxy) is 2. The van der Waals surface area contributed by atoms with Gasteiger partial charge in [0, 0.05) is 12.1 Å². The van der Waals surface area contributed by atoms with E-state index in [9.17, 15) is 14.9 Å². The molecular formula is C23H22ClN3O4. The number of carbonyl (C=O) groups is 2. The van der Waals surface area contributed by atoms with Crippen molar-refractivity contribution in [2.45, 2.75) is 26.9 Å². The predicted molar refractivity (Wildman–Crippen MR) is 117 cm³/mol. The Kier molecular flexibility index (Phi) is 7.16. The number of hydrogen-bond donors (Lipinski definition) is 1. The first-order valence-corrected chi connectivity index (χ1v) is 10.3. The summed E-state index contributed by atoms with van der Waals surface area (Å²) in [4.78, 5) is 25.6. The fraction of sp³-hybridized carbons (Fsp3) is 0.261. The van der Waals surface area contributed by atoms with Gasteiger partial charge in [-0.15, -0.1) is 0 Å². The third-order valence-electron chi connectivity index (χ3n) is 4.56. The van der Waals surface area contributed by atoms with Crippen molar-refractivity contribution in [2.75, 3.05) is 13.2 Å². The second kappa shape index (κ2) is 10.0. The minimum atomic E-state index is -0.439. The van der Waals surface area contributed by atoms with Crippen LogP contribution < -0.4 is 14.8 Å². The van der Waals surface area contributed by atoms with E-state index in [-0.39, 0.29) is 23.2 Å². The van der Waals surface area contributed by atoms with Crippen molar-refractivity contribution in [1.82, 2.24) is 10.2 Å². The van der Waals surface area contributed by atoms with E-state index >= 15 is 0 Å². The molecule has 1 heterocycles. The van der Waals surface area contributed by atoms with E-state index < -0.39 is 6.03 Å². The molecule has 0 radical (unpaired) electrons. The molecule has 0 aromatic heterocycles. The first-order valence-electron chi connectivity index (χ1n) is 9.90. The second-order valence-corrected chi connectivity index (χ2v) is 7.17. The van der Waals surface area contributed by atoms with Gasteiger partial charge in [-0.05, 0) is 43.2 Å². The highest BCUT2D eigenvalue weighted by molar-refractivity contribution is 6.32. The second-order valence-electron chi connectivity index (χ2n) is 6.77. The molecule has 0 unspecified atom stereocenters. The number of hydrogen-bond acceptors (Lipinski definition) is 5. The van der Waals surface area contributed by atoms with Crippen LogP contribution in [0.3, 0.4) is 0 Å². The fourth-order valence-corrected chi connectivity index (χ4v) is 3.42. The molecule has 1 fully saturated rings. The summed E-state index contributed by atoms with van der Waals surface area (Å²) in [6, 6.07) is 12.2. The number of carbonyl (C=O) groups excluding carboxylic acids is 2. The molecule has 3 amide bonds. The predicted octanol–water partition coefficient (Wildman–Crippen LogP) is 4.49. The molecule has 1 N–H and O–H groups in total. The lowest BCUT2D eigenvalue weighted by atomic mass is 10.1. The molecule has 160 valence electrons. The lowest BCUT2D eigenvalue weighted by Gasteiger charge is -2.15. The van der Waals surface area contributed by atoms with Crippen LogP contribution in [0.1, 0.15) is 37.0 Å².